The molecule has 0 aliphatic carbocycles. The summed E-state index contributed by atoms with van der Waals surface area (Å²) in [5.74, 6) is 0.520. The van der Waals surface area contributed by atoms with Crippen molar-refractivity contribution >= 4 is 28.6 Å². The van der Waals surface area contributed by atoms with Crippen LogP contribution in [0.25, 0.3) is 11.0 Å². The maximum atomic E-state index is 5.63. The first-order valence-electron chi connectivity index (χ1n) is 5.16. The van der Waals surface area contributed by atoms with Crippen LogP contribution in [0.4, 0.5) is 5.82 Å². The number of nitrogens with two attached hydrogens (primary N) is 1. The summed E-state index contributed by atoms with van der Waals surface area (Å²) in [5.41, 5.74) is 7.62. The topological polar surface area (TPSA) is 67.6 Å². The van der Waals surface area contributed by atoms with E-state index in [9.17, 15) is 0 Å². The van der Waals surface area contributed by atoms with Gasteiger partial charge in [-0.1, -0.05) is 18.2 Å². The van der Waals surface area contributed by atoms with Crippen molar-refractivity contribution in [3.63, 3.8) is 0 Å². The molecule has 4 nitrogen and oxygen atoms in total. The molecule has 0 spiro atoms. The molecule has 3 aromatic rings. The Labute approximate surface area is 102 Å². The molecule has 2 heterocycles. The van der Waals surface area contributed by atoms with Crippen molar-refractivity contribution < 1.29 is 0 Å². The number of nitrogens with zero attached hydrogens (tertiary/aromatic N) is 2. The molecule has 0 bridgehead atoms. The second-order valence-electron chi connectivity index (χ2n) is 3.56. The minimum atomic E-state index is 0.520. The van der Waals surface area contributed by atoms with Crippen LogP contribution in [-0.4, -0.2) is 15.0 Å². The van der Waals surface area contributed by atoms with Crippen LogP contribution in [0.3, 0.4) is 0 Å². The number of aromatic nitrogens is 3. The van der Waals surface area contributed by atoms with Crippen LogP contribution in [0, 0.1) is 0 Å². The quantitative estimate of drug-likeness (QED) is 0.725. The minimum Gasteiger partial charge on any atom is -0.384 e. The van der Waals surface area contributed by atoms with Crippen molar-refractivity contribution in [3.8, 4) is 0 Å². The van der Waals surface area contributed by atoms with E-state index >= 15 is 0 Å². The molecule has 0 aliphatic rings. The summed E-state index contributed by atoms with van der Waals surface area (Å²) in [4.78, 5) is 11.9. The van der Waals surface area contributed by atoms with Gasteiger partial charge in [-0.3, -0.25) is 0 Å². The molecule has 3 rings (SSSR count). The van der Waals surface area contributed by atoms with E-state index < -0.39 is 0 Å². The molecule has 0 unspecified atom stereocenters. The first kappa shape index (κ1) is 10.2. The van der Waals surface area contributed by atoms with Crippen LogP contribution in [0.2, 0.25) is 0 Å². The summed E-state index contributed by atoms with van der Waals surface area (Å²) in [7, 11) is 0. The van der Waals surface area contributed by atoms with Crippen molar-refractivity contribution in [2.45, 2.75) is 10.2 Å². The third-order valence-electron chi connectivity index (χ3n) is 2.31. The summed E-state index contributed by atoms with van der Waals surface area (Å²) in [6.45, 7) is 0. The first-order chi connectivity index (χ1) is 8.31. The van der Waals surface area contributed by atoms with E-state index in [4.69, 9.17) is 5.73 Å². The highest BCUT2D eigenvalue weighted by molar-refractivity contribution is 7.99. The van der Waals surface area contributed by atoms with Gasteiger partial charge < -0.3 is 10.7 Å². The summed E-state index contributed by atoms with van der Waals surface area (Å²) >= 11 is 1.47. The highest BCUT2D eigenvalue weighted by Crippen LogP contribution is 2.25. The van der Waals surface area contributed by atoms with Gasteiger partial charge in [-0.2, -0.15) is 0 Å². The fourth-order valence-electron chi connectivity index (χ4n) is 1.56. The van der Waals surface area contributed by atoms with E-state index in [2.05, 4.69) is 15.0 Å². The summed E-state index contributed by atoms with van der Waals surface area (Å²) < 4.78 is 0. The van der Waals surface area contributed by atoms with E-state index in [0.717, 1.165) is 21.2 Å². The van der Waals surface area contributed by atoms with Crippen molar-refractivity contribution in [3.05, 3.63) is 42.5 Å². The van der Waals surface area contributed by atoms with E-state index in [1.165, 1.54) is 11.8 Å². The molecule has 17 heavy (non-hydrogen) atoms. The van der Waals surface area contributed by atoms with Gasteiger partial charge in [0.1, 0.15) is 10.8 Å². The second kappa shape index (κ2) is 4.10. The number of nitrogens with one attached hydrogen (secondary N) is 1. The SMILES string of the molecule is Nc1cccc(Sc2nc3ccccc3[nH]2)n1. The Morgan fingerprint density at radius 3 is 2.71 bits per heavy atom. The lowest BCUT2D eigenvalue weighted by molar-refractivity contribution is 1.06. The van der Waals surface area contributed by atoms with Crippen LogP contribution in [-0.2, 0) is 0 Å². The number of anilines is 1. The number of aromatic amines is 1. The number of imidazole rings is 1. The molecular weight excluding hydrogens is 232 g/mol. The lowest BCUT2D eigenvalue weighted by Crippen LogP contribution is -1.90. The molecule has 0 saturated heterocycles. The number of hydrogen-bond donors (Lipinski definition) is 2. The Kier molecular flexibility index (Phi) is 2.45. The fourth-order valence-corrected chi connectivity index (χ4v) is 2.37. The third kappa shape index (κ3) is 2.09. The lowest BCUT2D eigenvalue weighted by atomic mass is 10.3. The Bertz CT molecular complexity index is 629. The number of nitrogen functional groups attached to an aromatic ring is 1. The zero-order chi connectivity index (χ0) is 11.7. The second-order valence-corrected chi connectivity index (χ2v) is 4.57. The lowest BCUT2D eigenvalue weighted by Gasteiger charge is -1.97. The maximum absolute atomic E-state index is 5.63. The Morgan fingerprint density at radius 2 is 1.88 bits per heavy atom. The number of benzene rings is 1. The van der Waals surface area contributed by atoms with Crippen molar-refractivity contribution in [1.29, 1.82) is 0 Å². The number of fused-ring (bicyclic) bond motifs is 1. The molecule has 1 aromatic carbocycles. The first-order valence-corrected chi connectivity index (χ1v) is 5.98. The Morgan fingerprint density at radius 1 is 1.00 bits per heavy atom. The standard InChI is InChI=1S/C12H10N4S/c13-10-6-3-7-11(16-10)17-12-14-8-4-1-2-5-9(8)15-12/h1-7H,(H2,13,16)(H,14,15). The van der Waals surface area contributed by atoms with Gasteiger partial charge in [0.05, 0.1) is 11.0 Å². The zero-order valence-corrected chi connectivity index (χ0v) is 9.74. The largest absolute Gasteiger partial charge is 0.384 e. The van der Waals surface area contributed by atoms with Crippen LogP contribution in [0.5, 0.6) is 0 Å². The molecule has 0 radical (unpaired) electrons. The van der Waals surface area contributed by atoms with Gasteiger partial charge in [0, 0.05) is 0 Å². The maximum Gasteiger partial charge on any atom is 0.172 e. The van der Waals surface area contributed by atoms with Crippen molar-refractivity contribution in [1.82, 2.24) is 15.0 Å². The van der Waals surface area contributed by atoms with E-state index in [1.807, 2.05) is 36.4 Å². The summed E-state index contributed by atoms with van der Waals surface area (Å²) in [6, 6.07) is 13.5. The molecule has 0 aliphatic heterocycles. The zero-order valence-electron chi connectivity index (χ0n) is 8.92. The minimum absolute atomic E-state index is 0.520. The Balaban J connectivity index is 1.94. The highest BCUT2D eigenvalue weighted by Gasteiger charge is 2.04. The van der Waals surface area contributed by atoms with Gasteiger partial charge >= 0.3 is 0 Å². The van der Waals surface area contributed by atoms with Crippen LogP contribution < -0.4 is 5.73 Å². The monoisotopic (exact) mass is 242 g/mol. The number of pyridine rings is 1. The molecule has 5 heteroatoms. The normalized spacial score (nSPS) is 10.8. The molecule has 0 saturated carbocycles. The predicted molar refractivity (Wildman–Crippen MR) is 68.9 cm³/mol. The highest BCUT2D eigenvalue weighted by atomic mass is 32.2. The van der Waals surface area contributed by atoms with E-state index in [1.54, 1.807) is 6.07 Å². The average molecular weight is 242 g/mol. The Hall–Kier alpha value is -2.01. The molecule has 2 aromatic heterocycles. The van der Waals surface area contributed by atoms with Crippen molar-refractivity contribution in [2.24, 2.45) is 0 Å². The van der Waals surface area contributed by atoms with Crippen LogP contribution in [0.15, 0.2) is 52.6 Å². The van der Waals surface area contributed by atoms with Crippen LogP contribution >= 0.6 is 11.8 Å². The molecule has 0 fully saturated rings. The van der Waals surface area contributed by atoms with E-state index in [-0.39, 0.29) is 0 Å². The summed E-state index contributed by atoms with van der Waals surface area (Å²) in [6.07, 6.45) is 0. The molecule has 0 amide bonds. The van der Waals surface area contributed by atoms with Gasteiger partial charge in [-0.15, -0.1) is 0 Å². The van der Waals surface area contributed by atoms with Gasteiger partial charge in [0.2, 0.25) is 0 Å². The van der Waals surface area contributed by atoms with Gasteiger partial charge in [-0.05, 0) is 36.0 Å². The molecule has 0 atom stereocenters. The molecular formula is C12H10N4S. The smallest absolute Gasteiger partial charge is 0.172 e. The summed E-state index contributed by atoms with van der Waals surface area (Å²) in [5, 5.41) is 1.66. The van der Waals surface area contributed by atoms with Gasteiger partial charge in [0.25, 0.3) is 0 Å². The van der Waals surface area contributed by atoms with E-state index in [0.29, 0.717) is 5.82 Å². The third-order valence-corrected chi connectivity index (χ3v) is 3.14. The molecule has 3 N–H and O–H groups in total. The van der Waals surface area contributed by atoms with Gasteiger partial charge in [0.15, 0.2) is 5.16 Å². The average Bonchev–Trinajstić information content (AvgIpc) is 2.71. The van der Waals surface area contributed by atoms with Crippen LogP contribution in [0.1, 0.15) is 0 Å². The fraction of sp³-hybridized carbons (Fsp3) is 0. The molecule has 84 valence electrons. The number of hydrogen-bond acceptors (Lipinski definition) is 4. The number of rotatable bonds is 2. The number of H-pyrrole nitrogens is 1. The van der Waals surface area contributed by atoms with Gasteiger partial charge in [-0.25, -0.2) is 9.97 Å². The predicted octanol–water partition coefficient (Wildman–Crippen LogP) is 2.69. The number of para-hydroxylation sites is 2. The van der Waals surface area contributed by atoms with Crippen molar-refractivity contribution in [2.75, 3.05) is 5.73 Å².